The number of methoxy groups -OCH3 is 1. The minimum Gasteiger partial charge on any atom is -0.493 e. The number of rotatable bonds is 9. The molecule has 1 aliphatic rings. The normalized spacial score (nSPS) is 19.2. The molecule has 2 unspecified atom stereocenters. The van der Waals surface area contributed by atoms with Gasteiger partial charge in [0, 0.05) is 29.5 Å². The predicted octanol–water partition coefficient (Wildman–Crippen LogP) is 5.67. The summed E-state index contributed by atoms with van der Waals surface area (Å²) in [5.74, 6) is 0.366. The molecule has 1 aromatic heterocycles. The first-order chi connectivity index (χ1) is 16.9. The lowest BCUT2D eigenvalue weighted by atomic mass is 10.0. The molecule has 10 heteroatoms. The monoisotopic (exact) mass is 524 g/mol. The Morgan fingerprint density at radius 1 is 1.39 bits per heavy atom. The van der Waals surface area contributed by atoms with Crippen LogP contribution in [0.15, 0.2) is 59.8 Å². The quantitative estimate of drug-likeness (QED) is 0.418. The molecule has 7 nitrogen and oxygen atoms in total. The van der Waals surface area contributed by atoms with Crippen molar-refractivity contribution in [2.75, 3.05) is 39.2 Å². The topological polar surface area (TPSA) is 68.7 Å². The van der Waals surface area contributed by atoms with E-state index in [0.29, 0.717) is 36.2 Å². The third-order valence-corrected chi connectivity index (χ3v) is 5.74. The highest BCUT2D eigenvalue weighted by molar-refractivity contribution is 6.31. The van der Waals surface area contributed by atoms with Crippen molar-refractivity contribution in [2.45, 2.75) is 45.5 Å². The second kappa shape index (κ2) is 13.5. The molecule has 1 saturated heterocycles. The van der Waals surface area contributed by atoms with Gasteiger partial charge >= 0.3 is 0 Å². The number of anilines is 1. The van der Waals surface area contributed by atoms with Gasteiger partial charge in [-0.15, -0.1) is 0 Å². The van der Waals surface area contributed by atoms with Crippen LogP contribution in [-0.2, 0) is 4.74 Å². The molecule has 1 aromatic rings. The van der Waals surface area contributed by atoms with Gasteiger partial charge < -0.3 is 19.5 Å². The van der Waals surface area contributed by atoms with Gasteiger partial charge in [-0.25, -0.2) is 18.7 Å². The van der Waals surface area contributed by atoms with Crippen LogP contribution in [0.25, 0.3) is 0 Å². The Morgan fingerprint density at radius 3 is 2.75 bits per heavy atom. The first-order valence-corrected chi connectivity index (χ1v) is 11.8. The van der Waals surface area contributed by atoms with Crippen LogP contribution in [0.2, 0.25) is 0 Å². The number of morpholine rings is 1. The van der Waals surface area contributed by atoms with E-state index in [-0.39, 0.29) is 22.4 Å². The average molecular weight is 525 g/mol. The zero-order valence-corrected chi connectivity index (χ0v) is 22.4. The first kappa shape index (κ1) is 29.5. The number of alkyl halides is 1. The highest BCUT2D eigenvalue weighted by Gasteiger charge is 2.32. The highest BCUT2D eigenvalue weighted by atomic mass is 35.5. The van der Waals surface area contributed by atoms with Crippen molar-refractivity contribution < 1.29 is 23.0 Å². The molecular weight excluding hydrogens is 490 g/mol. The molecule has 1 aliphatic heterocycles. The van der Waals surface area contributed by atoms with Crippen molar-refractivity contribution in [3.05, 3.63) is 65.5 Å². The molecular formula is C26H35ClF2N4O3. The Kier molecular flexibility index (Phi) is 11.1. The van der Waals surface area contributed by atoms with Crippen molar-refractivity contribution in [2.24, 2.45) is 0 Å². The summed E-state index contributed by atoms with van der Waals surface area (Å²) in [6.45, 7) is 12.7. The molecule has 0 aromatic carbocycles. The molecule has 2 heterocycles. The molecule has 0 bridgehead atoms. The number of nitrogens with one attached hydrogen (secondary N) is 1. The van der Waals surface area contributed by atoms with E-state index in [2.05, 4.69) is 47.7 Å². The van der Waals surface area contributed by atoms with Crippen molar-refractivity contribution in [1.82, 2.24) is 14.9 Å². The summed E-state index contributed by atoms with van der Waals surface area (Å²) in [5.41, 5.74) is 0.838. The summed E-state index contributed by atoms with van der Waals surface area (Å²) < 4.78 is 44.5. The first-order valence-electron chi connectivity index (χ1n) is 11.5. The van der Waals surface area contributed by atoms with E-state index < -0.39 is 12.0 Å². The number of ether oxygens (including phenoxy) is 3. The van der Waals surface area contributed by atoms with Gasteiger partial charge in [-0.1, -0.05) is 18.2 Å². The molecule has 0 aliphatic carbocycles. The van der Waals surface area contributed by atoms with E-state index in [1.54, 1.807) is 25.1 Å². The molecule has 198 valence electrons. The number of aromatic nitrogens is 2. The van der Waals surface area contributed by atoms with Gasteiger partial charge in [0.2, 0.25) is 0 Å². The summed E-state index contributed by atoms with van der Waals surface area (Å²) in [7, 11) is 3.60. The number of allylic oxidation sites excluding steroid dienone is 4. The third-order valence-electron chi connectivity index (χ3n) is 5.46. The maximum Gasteiger partial charge on any atom is 0.163 e. The van der Waals surface area contributed by atoms with Crippen LogP contribution >= 0.6 is 11.6 Å². The van der Waals surface area contributed by atoms with E-state index in [0.717, 1.165) is 12.6 Å². The number of halogens is 3. The smallest absolute Gasteiger partial charge is 0.163 e. The van der Waals surface area contributed by atoms with Gasteiger partial charge in [0.25, 0.3) is 0 Å². The van der Waals surface area contributed by atoms with Crippen LogP contribution in [0.5, 0.6) is 11.5 Å². The lowest BCUT2D eigenvalue weighted by molar-refractivity contribution is -0.100. The Hall–Kier alpha value is -2.75. The van der Waals surface area contributed by atoms with Crippen molar-refractivity contribution in [3.63, 3.8) is 0 Å². The second-order valence-electron chi connectivity index (χ2n) is 9.08. The van der Waals surface area contributed by atoms with Gasteiger partial charge in [0.1, 0.15) is 36.9 Å². The molecule has 1 fully saturated rings. The van der Waals surface area contributed by atoms with Gasteiger partial charge in [0.15, 0.2) is 11.5 Å². The van der Waals surface area contributed by atoms with Gasteiger partial charge in [-0.05, 0) is 59.0 Å². The van der Waals surface area contributed by atoms with E-state index in [4.69, 9.17) is 25.8 Å². The summed E-state index contributed by atoms with van der Waals surface area (Å²) in [6.07, 6.45) is 1.79. The standard InChI is InChI=1S/C26H35ClF2N4O3/c1-17(28)10-22(29)21(27)11-19(3)32-25-9-8-23(34-7)24(12-18(2)30-16-31-25)35-14-20-13-33(6)26(4,5)15-36-20/h8-12,16-17,20H,3,13-15H2,1-2,4-7H3,(H,30,31,32)/b21-11+,22-10+. The number of hydrogen-bond acceptors (Lipinski definition) is 7. The zero-order chi connectivity index (χ0) is 26.9. The zero-order valence-electron chi connectivity index (χ0n) is 21.6. The van der Waals surface area contributed by atoms with Gasteiger partial charge in [-0.3, -0.25) is 4.90 Å². The van der Waals surface area contributed by atoms with Crippen LogP contribution in [-0.4, -0.2) is 66.6 Å². The van der Waals surface area contributed by atoms with E-state index in [9.17, 15) is 8.78 Å². The maximum absolute atomic E-state index is 13.9. The lowest BCUT2D eigenvalue weighted by Gasteiger charge is -2.43. The molecule has 0 saturated carbocycles. The molecule has 2 rings (SSSR count). The fourth-order valence-corrected chi connectivity index (χ4v) is 3.33. The van der Waals surface area contributed by atoms with E-state index in [1.807, 2.05) is 0 Å². The number of nitrogens with zero attached hydrogens (tertiary/aromatic N) is 3. The molecule has 1 N–H and O–H groups in total. The van der Waals surface area contributed by atoms with Crippen LogP contribution in [0.1, 0.15) is 26.5 Å². The average Bonchev–Trinajstić information content (AvgIpc) is 2.78. The largest absolute Gasteiger partial charge is 0.493 e. The van der Waals surface area contributed by atoms with Crippen molar-refractivity contribution in [1.29, 1.82) is 0 Å². The Labute approximate surface area is 217 Å². The summed E-state index contributed by atoms with van der Waals surface area (Å²) in [4.78, 5) is 10.8. The molecule has 2 atom stereocenters. The molecule has 0 amide bonds. The van der Waals surface area contributed by atoms with Crippen LogP contribution < -0.4 is 14.8 Å². The predicted molar refractivity (Wildman–Crippen MR) is 139 cm³/mol. The number of likely N-dealkylation sites (N-methyl/N-ethyl adjacent to an activating group) is 1. The molecule has 0 radical (unpaired) electrons. The van der Waals surface area contributed by atoms with Crippen LogP contribution in [0.4, 0.5) is 14.6 Å². The molecule has 0 spiro atoms. The fraction of sp³-hybridized carbons (Fsp3) is 0.462. The van der Waals surface area contributed by atoms with E-state index >= 15 is 0 Å². The maximum atomic E-state index is 13.9. The Morgan fingerprint density at radius 2 is 2.11 bits per heavy atom. The van der Waals surface area contributed by atoms with Gasteiger partial charge in [-0.2, -0.15) is 0 Å². The molecule has 36 heavy (non-hydrogen) atoms. The van der Waals surface area contributed by atoms with Crippen molar-refractivity contribution in [3.8, 4) is 11.5 Å². The minimum absolute atomic E-state index is 0.0301. The number of hydrogen-bond donors (Lipinski definition) is 1. The third kappa shape index (κ3) is 9.37. The van der Waals surface area contributed by atoms with Crippen LogP contribution in [0, 0.1) is 6.92 Å². The Balaban J connectivity index is 2.26. The fourth-order valence-electron chi connectivity index (χ4n) is 3.14. The highest BCUT2D eigenvalue weighted by Crippen LogP contribution is 2.27. The summed E-state index contributed by atoms with van der Waals surface area (Å²) in [6, 6.07) is 5.05. The minimum atomic E-state index is -1.47. The Bertz CT molecular complexity index is 1050. The second-order valence-corrected chi connectivity index (χ2v) is 9.49. The van der Waals surface area contributed by atoms with Crippen molar-refractivity contribution >= 4 is 17.4 Å². The summed E-state index contributed by atoms with van der Waals surface area (Å²) in [5, 5.41) is 2.62. The lowest BCUT2D eigenvalue weighted by Crippen LogP contribution is -2.55. The number of aryl methyl sites for hydroxylation is 1. The summed E-state index contributed by atoms with van der Waals surface area (Å²) >= 11 is 5.90. The SMILES string of the molecule is C=C(/C=C(Cl)\C(F)=C/C(C)F)Nc1ccc(OC)c(OCC2CN(C)C(C)(C)CO2)cc(C)ncn1. The van der Waals surface area contributed by atoms with Gasteiger partial charge in [0.05, 0.1) is 18.7 Å². The van der Waals surface area contributed by atoms with Crippen LogP contribution in [0.3, 0.4) is 0 Å². The van der Waals surface area contributed by atoms with E-state index in [1.165, 1.54) is 26.4 Å².